The molecule has 2 N–H and O–H groups in total. The predicted octanol–water partition coefficient (Wildman–Crippen LogP) is 3.07. The van der Waals surface area contributed by atoms with Crippen molar-refractivity contribution >= 4 is 17.4 Å². The highest BCUT2D eigenvalue weighted by Gasteiger charge is 2.10. The zero-order valence-electron chi connectivity index (χ0n) is 9.13. The van der Waals surface area contributed by atoms with Gasteiger partial charge in [0.1, 0.15) is 11.6 Å². The van der Waals surface area contributed by atoms with Crippen LogP contribution in [0.1, 0.15) is 13.3 Å². The van der Waals surface area contributed by atoms with Crippen molar-refractivity contribution in [2.45, 2.75) is 18.2 Å². The summed E-state index contributed by atoms with van der Waals surface area (Å²) in [6, 6.07) is 2.25. The van der Waals surface area contributed by atoms with E-state index in [2.05, 4.69) is 0 Å². The van der Waals surface area contributed by atoms with E-state index in [1.165, 1.54) is 0 Å². The molecule has 5 heteroatoms. The second-order valence-corrected chi connectivity index (χ2v) is 4.38. The van der Waals surface area contributed by atoms with Crippen LogP contribution in [-0.2, 0) is 4.74 Å². The molecule has 0 heterocycles. The van der Waals surface area contributed by atoms with Gasteiger partial charge in [-0.1, -0.05) is 6.92 Å². The first-order valence-corrected chi connectivity index (χ1v) is 6.08. The number of nitrogen functional groups attached to an aromatic ring is 1. The fraction of sp³-hybridized carbons (Fsp3) is 0.455. The predicted molar refractivity (Wildman–Crippen MR) is 62.6 cm³/mol. The molecule has 2 nitrogen and oxygen atoms in total. The van der Waals surface area contributed by atoms with Crippen LogP contribution in [0.4, 0.5) is 14.5 Å². The van der Waals surface area contributed by atoms with Crippen molar-refractivity contribution in [3.05, 3.63) is 23.8 Å². The van der Waals surface area contributed by atoms with E-state index < -0.39 is 11.6 Å². The highest BCUT2D eigenvalue weighted by Crippen LogP contribution is 2.26. The maximum Gasteiger partial charge on any atom is 0.141 e. The van der Waals surface area contributed by atoms with E-state index in [9.17, 15) is 8.78 Å². The Balaban J connectivity index is 2.47. The second-order valence-electron chi connectivity index (χ2n) is 3.27. The molecule has 0 amide bonds. The van der Waals surface area contributed by atoms with Crippen molar-refractivity contribution in [3.63, 3.8) is 0 Å². The van der Waals surface area contributed by atoms with Crippen LogP contribution in [-0.4, -0.2) is 19.0 Å². The van der Waals surface area contributed by atoms with Crippen LogP contribution >= 0.6 is 11.8 Å². The van der Waals surface area contributed by atoms with Crippen molar-refractivity contribution < 1.29 is 13.5 Å². The molecule has 1 aromatic carbocycles. The molecule has 0 aromatic heterocycles. The van der Waals surface area contributed by atoms with E-state index in [1.807, 2.05) is 6.92 Å². The molecule has 0 saturated heterocycles. The van der Waals surface area contributed by atoms with E-state index in [0.29, 0.717) is 19.0 Å². The third kappa shape index (κ3) is 3.98. The molecule has 16 heavy (non-hydrogen) atoms. The van der Waals surface area contributed by atoms with Gasteiger partial charge in [-0.2, -0.15) is 0 Å². The van der Waals surface area contributed by atoms with Crippen LogP contribution < -0.4 is 5.73 Å². The standard InChI is InChI=1S/C11H15F2NOS/c1-2-3-15-4-5-16-11-9(12)6-8(14)7-10(11)13/h6-7H,2-5,14H2,1H3. The summed E-state index contributed by atoms with van der Waals surface area (Å²) in [6.45, 7) is 3.17. The molecule has 0 atom stereocenters. The summed E-state index contributed by atoms with van der Waals surface area (Å²) in [4.78, 5) is 0.00861. The Bertz CT molecular complexity index is 324. The first kappa shape index (κ1) is 13.3. The Labute approximate surface area is 98.2 Å². The molecule has 0 aliphatic carbocycles. The number of anilines is 1. The summed E-state index contributed by atoms with van der Waals surface area (Å²) in [5.74, 6) is -0.700. The van der Waals surface area contributed by atoms with Gasteiger partial charge in [-0.3, -0.25) is 0 Å². The van der Waals surface area contributed by atoms with Gasteiger partial charge in [0, 0.05) is 18.0 Å². The van der Waals surface area contributed by atoms with Crippen molar-refractivity contribution in [2.75, 3.05) is 24.7 Å². The van der Waals surface area contributed by atoms with Crippen LogP contribution in [0.5, 0.6) is 0 Å². The lowest BCUT2D eigenvalue weighted by Gasteiger charge is -2.06. The number of thioether (sulfide) groups is 1. The summed E-state index contributed by atoms with van der Waals surface area (Å²) >= 11 is 1.10. The van der Waals surface area contributed by atoms with Crippen LogP contribution in [0.15, 0.2) is 17.0 Å². The number of rotatable bonds is 6. The van der Waals surface area contributed by atoms with E-state index in [0.717, 1.165) is 30.3 Å². The molecule has 0 saturated carbocycles. The third-order valence-corrected chi connectivity index (χ3v) is 2.89. The summed E-state index contributed by atoms with van der Waals surface area (Å²) in [5.41, 5.74) is 5.41. The number of hydrogen-bond acceptors (Lipinski definition) is 3. The Kier molecular flexibility index (Phi) is 5.55. The van der Waals surface area contributed by atoms with E-state index in [4.69, 9.17) is 10.5 Å². The second kappa shape index (κ2) is 6.70. The van der Waals surface area contributed by atoms with E-state index in [1.54, 1.807) is 0 Å². The Morgan fingerprint density at radius 3 is 2.44 bits per heavy atom. The summed E-state index contributed by atoms with van der Waals surface area (Å²) < 4.78 is 31.8. The van der Waals surface area contributed by atoms with Crippen LogP contribution in [0.2, 0.25) is 0 Å². The first-order chi connectivity index (χ1) is 7.65. The molecular formula is C11H15F2NOS. The number of ether oxygens (including phenoxy) is 1. The zero-order valence-corrected chi connectivity index (χ0v) is 9.95. The average molecular weight is 247 g/mol. The number of nitrogens with two attached hydrogens (primary N) is 1. The van der Waals surface area contributed by atoms with Gasteiger partial charge in [-0.05, 0) is 18.6 Å². The van der Waals surface area contributed by atoms with Gasteiger partial charge in [-0.15, -0.1) is 11.8 Å². The molecule has 0 bridgehead atoms. The molecule has 1 aromatic rings. The van der Waals surface area contributed by atoms with Crippen molar-refractivity contribution in [3.8, 4) is 0 Å². The molecule has 90 valence electrons. The molecular weight excluding hydrogens is 232 g/mol. The fourth-order valence-electron chi connectivity index (χ4n) is 1.17. The lowest BCUT2D eigenvalue weighted by atomic mass is 10.3. The van der Waals surface area contributed by atoms with E-state index in [-0.39, 0.29) is 10.6 Å². The largest absolute Gasteiger partial charge is 0.399 e. The van der Waals surface area contributed by atoms with Gasteiger partial charge in [0.15, 0.2) is 0 Å². The van der Waals surface area contributed by atoms with E-state index >= 15 is 0 Å². The van der Waals surface area contributed by atoms with Crippen molar-refractivity contribution in [1.82, 2.24) is 0 Å². The smallest absolute Gasteiger partial charge is 0.141 e. The molecule has 0 aliphatic rings. The summed E-state index contributed by atoms with van der Waals surface area (Å²) in [6.07, 6.45) is 0.940. The van der Waals surface area contributed by atoms with Crippen LogP contribution in [0.3, 0.4) is 0 Å². The van der Waals surface area contributed by atoms with Crippen molar-refractivity contribution in [1.29, 1.82) is 0 Å². The Morgan fingerprint density at radius 2 is 1.88 bits per heavy atom. The molecule has 0 radical (unpaired) electrons. The van der Waals surface area contributed by atoms with Gasteiger partial charge in [0.25, 0.3) is 0 Å². The van der Waals surface area contributed by atoms with Gasteiger partial charge in [-0.25, -0.2) is 8.78 Å². The minimum absolute atomic E-state index is 0.00861. The van der Waals surface area contributed by atoms with Gasteiger partial charge < -0.3 is 10.5 Å². The Morgan fingerprint density at radius 1 is 1.25 bits per heavy atom. The number of halogens is 2. The SMILES string of the molecule is CCCOCCSc1c(F)cc(N)cc1F. The molecule has 0 aliphatic heterocycles. The van der Waals surface area contributed by atoms with Crippen molar-refractivity contribution in [2.24, 2.45) is 0 Å². The topological polar surface area (TPSA) is 35.2 Å². The molecule has 1 rings (SSSR count). The fourth-order valence-corrected chi connectivity index (χ4v) is 1.97. The molecule has 0 unspecified atom stereocenters. The quantitative estimate of drug-likeness (QED) is 0.476. The van der Waals surface area contributed by atoms with Gasteiger partial charge >= 0.3 is 0 Å². The first-order valence-electron chi connectivity index (χ1n) is 5.10. The lowest BCUT2D eigenvalue weighted by molar-refractivity contribution is 0.151. The third-order valence-electron chi connectivity index (χ3n) is 1.84. The maximum absolute atomic E-state index is 13.3. The van der Waals surface area contributed by atoms with Gasteiger partial charge in [0.05, 0.1) is 11.5 Å². The maximum atomic E-state index is 13.3. The summed E-state index contributed by atoms with van der Waals surface area (Å²) in [5, 5.41) is 0. The Hall–Kier alpha value is -0.810. The molecule has 0 fully saturated rings. The highest BCUT2D eigenvalue weighted by atomic mass is 32.2. The normalized spacial score (nSPS) is 10.7. The minimum Gasteiger partial charge on any atom is -0.399 e. The summed E-state index contributed by atoms with van der Waals surface area (Å²) in [7, 11) is 0. The highest BCUT2D eigenvalue weighted by molar-refractivity contribution is 7.99. The average Bonchev–Trinajstić information content (AvgIpc) is 2.20. The zero-order chi connectivity index (χ0) is 12.0. The minimum atomic E-state index is -0.613. The lowest BCUT2D eigenvalue weighted by Crippen LogP contribution is -2.00. The van der Waals surface area contributed by atoms with Crippen LogP contribution in [0, 0.1) is 11.6 Å². The monoisotopic (exact) mass is 247 g/mol. The molecule has 0 spiro atoms. The van der Waals surface area contributed by atoms with Crippen LogP contribution in [0.25, 0.3) is 0 Å². The van der Waals surface area contributed by atoms with Gasteiger partial charge in [0.2, 0.25) is 0 Å². The number of hydrogen-bond donors (Lipinski definition) is 1. The number of benzene rings is 1.